The predicted octanol–water partition coefficient (Wildman–Crippen LogP) is 3.60. The van der Waals surface area contributed by atoms with E-state index in [1.807, 2.05) is 13.8 Å². The average Bonchev–Trinajstić information content (AvgIpc) is 2.34. The number of benzene rings is 1. The van der Waals surface area contributed by atoms with Crippen molar-refractivity contribution in [2.45, 2.75) is 13.8 Å². The summed E-state index contributed by atoms with van der Waals surface area (Å²) in [6.07, 6.45) is 2.65. The van der Waals surface area contributed by atoms with Crippen molar-refractivity contribution in [1.82, 2.24) is 0 Å². The molecule has 0 aliphatic rings. The van der Waals surface area contributed by atoms with Crippen LogP contribution in [-0.2, 0) is 4.79 Å². The highest BCUT2D eigenvalue weighted by atomic mass is 35.5. The zero-order chi connectivity index (χ0) is 13.7. The Kier molecular flexibility index (Phi) is 5.23. The zero-order valence-electron chi connectivity index (χ0n) is 11.0. The van der Waals surface area contributed by atoms with Crippen LogP contribution in [0.15, 0.2) is 17.7 Å². The topological polar surface area (TPSA) is 35.5 Å². The monoisotopic (exact) mass is 268 g/mol. The molecular formula is C14H17ClO3. The number of hydrogen-bond donors (Lipinski definition) is 0. The van der Waals surface area contributed by atoms with Gasteiger partial charge in [0.15, 0.2) is 11.5 Å². The summed E-state index contributed by atoms with van der Waals surface area (Å²) >= 11 is 6.10. The van der Waals surface area contributed by atoms with Crippen LogP contribution in [0.5, 0.6) is 11.5 Å². The molecule has 1 aromatic carbocycles. The summed E-state index contributed by atoms with van der Waals surface area (Å²) in [4.78, 5) is 11.0. The van der Waals surface area contributed by atoms with Gasteiger partial charge in [-0.05, 0) is 35.3 Å². The Morgan fingerprint density at radius 2 is 1.94 bits per heavy atom. The maximum absolute atomic E-state index is 11.0. The molecule has 0 bridgehead atoms. The predicted molar refractivity (Wildman–Crippen MR) is 73.4 cm³/mol. The molecule has 0 unspecified atom stereocenters. The molecule has 0 aromatic heterocycles. The third-order valence-electron chi connectivity index (χ3n) is 2.59. The molecule has 3 nitrogen and oxygen atoms in total. The zero-order valence-corrected chi connectivity index (χ0v) is 11.7. The number of allylic oxidation sites excluding steroid dienone is 1. The van der Waals surface area contributed by atoms with Gasteiger partial charge in [-0.25, -0.2) is 0 Å². The van der Waals surface area contributed by atoms with Crippen LogP contribution in [-0.4, -0.2) is 20.5 Å². The molecule has 0 aliphatic heterocycles. The van der Waals surface area contributed by atoms with Crippen LogP contribution >= 0.6 is 11.6 Å². The van der Waals surface area contributed by atoms with Gasteiger partial charge >= 0.3 is 0 Å². The Morgan fingerprint density at radius 1 is 1.28 bits per heavy atom. The molecule has 0 radical (unpaired) electrons. The molecule has 0 spiro atoms. The summed E-state index contributed by atoms with van der Waals surface area (Å²) in [6.45, 7) is 3.92. The van der Waals surface area contributed by atoms with Crippen LogP contribution in [0.2, 0.25) is 5.02 Å². The molecule has 0 saturated heterocycles. The number of carbonyl (C=O) groups excluding carboxylic acids is 1. The van der Waals surface area contributed by atoms with Crippen molar-refractivity contribution in [2.24, 2.45) is 5.92 Å². The van der Waals surface area contributed by atoms with E-state index in [-0.39, 0.29) is 5.92 Å². The van der Waals surface area contributed by atoms with Gasteiger partial charge in [-0.2, -0.15) is 0 Å². The first-order valence-corrected chi connectivity index (χ1v) is 5.99. The van der Waals surface area contributed by atoms with E-state index in [9.17, 15) is 4.79 Å². The van der Waals surface area contributed by atoms with Crippen LogP contribution in [0.25, 0.3) is 6.08 Å². The van der Waals surface area contributed by atoms with Gasteiger partial charge in [-0.15, -0.1) is 0 Å². The highest BCUT2D eigenvalue weighted by Crippen LogP contribution is 2.36. The lowest BCUT2D eigenvalue weighted by molar-refractivity contribution is -0.105. The molecule has 1 rings (SSSR count). The number of halogens is 1. The molecule has 0 atom stereocenters. The number of ether oxygens (including phenoxy) is 2. The van der Waals surface area contributed by atoms with E-state index in [4.69, 9.17) is 21.1 Å². The summed E-state index contributed by atoms with van der Waals surface area (Å²) in [5, 5.41) is 0.456. The second-order valence-corrected chi connectivity index (χ2v) is 4.56. The fourth-order valence-corrected chi connectivity index (χ4v) is 1.85. The van der Waals surface area contributed by atoms with Gasteiger partial charge < -0.3 is 9.47 Å². The van der Waals surface area contributed by atoms with Crippen molar-refractivity contribution < 1.29 is 14.3 Å². The highest BCUT2D eigenvalue weighted by molar-refractivity contribution is 6.32. The molecule has 0 aliphatic carbocycles. The molecule has 18 heavy (non-hydrogen) atoms. The summed E-state index contributed by atoms with van der Waals surface area (Å²) in [7, 11) is 3.08. The minimum Gasteiger partial charge on any atom is -0.493 e. The number of aldehydes is 1. The van der Waals surface area contributed by atoms with E-state index < -0.39 is 0 Å². The van der Waals surface area contributed by atoms with Gasteiger partial charge in [0.05, 0.1) is 19.2 Å². The summed E-state index contributed by atoms with van der Waals surface area (Å²) in [5.74, 6) is 1.20. The molecule has 0 saturated carbocycles. The maximum atomic E-state index is 11.0. The van der Waals surface area contributed by atoms with Crippen molar-refractivity contribution in [3.8, 4) is 11.5 Å². The van der Waals surface area contributed by atoms with Crippen LogP contribution in [0.4, 0.5) is 0 Å². The fourth-order valence-electron chi connectivity index (χ4n) is 1.55. The lowest BCUT2D eigenvalue weighted by atomic mass is 10.0. The van der Waals surface area contributed by atoms with E-state index in [0.717, 1.165) is 11.8 Å². The first-order valence-electron chi connectivity index (χ1n) is 5.61. The van der Waals surface area contributed by atoms with Crippen molar-refractivity contribution >= 4 is 24.0 Å². The Hall–Kier alpha value is -1.48. The van der Waals surface area contributed by atoms with E-state index in [1.54, 1.807) is 25.3 Å². The summed E-state index contributed by atoms with van der Waals surface area (Å²) in [5.41, 5.74) is 1.52. The van der Waals surface area contributed by atoms with Gasteiger partial charge in [0.2, 0.25) is 0 Å². The number of rotatable bonds is 5. The number of hydrogen-bond acceptors (Lipinski definition) is 3. The van der Waals surface area contributed by atoms with Gasteiger partial charge in [-0.1, -0.05) is 25.4 Å². The summed E-state index contributed by atoms with van der Waals surface area (Å²) < 4.78 is 10.4. The lowest BCUT2D eigenvalue weighted by Gasteiger charge is -2.11. The molecular weight excluding hydrogens is 252 g/mol. The standard InChI is InChI=1S/C14H17ClO3/c1-9(2)11(8-16)5-10-6-12(15)14(18-4)13(7-10)17-3/h5-9H,1-4H3. The molecule has 98 valence electrons. The van der Waals surface area contributed by atoms with Crippen LogP contribution in [0, 0.1) is 5.92 Å². The smallest absolute Gasteiger partial charge is 0.179 e. The third-order valence-corrected chi connectivity index (χ3v) is 2.87. The van der Waals surface area contributed by atoms with Crippen LogP contribution < -0.4 is 9.47 Å². The Balaban J connectivity index is 3.27. The first-order chi connectivity index (χ1) is 8.53. The van der Waals surface area contributed by atoms with Crippen LogP contribution in [0.1, 0.15) is 19.4 Å². The first kappa shape index (κ1) is 14.6. The lowest BCUT2D eigenvalue weighted by Crippen LogP contribution is -1.96. The Morgan fingerprint density at radius 3 is 2.39 bits per heavy atom. The second-order valence-electron chi connectivity index (χ2n) is 4.16. The Labute approximate surface area is 112 Å². The second kappa shape index (κ2) is 6.45. The van der Waals surface area contributed by atoms with E-state index in [1.165, 1.54) is 7.11 Å². The van der Waals surface area contributed by atoms with Gasteiger partial charge in [0, 0.05) is 0 Å². The van der Waals surface area contributed by atoms with Gasteiger partial charge in [0.25, 0.3) is 0 Å². The average molecular weight is 269 g/mol. The normalized spacial score (nSPS) is 11.6. The highest BCUT2D eigenvalue weighted by Gasteiger charge is 2.11. The number of carbonyl (C=O) groups is 1. The third kappa shape index (κ3) is 3.26. The molecule has 0 fully saturated rings. The largest absolute Gasteiger partial charge is 0.493 e. The fraction of sp³-hybridized carbons (Fsp3) is 0.357. The van der Waals surface area contributed by atoms with Gasteiger partial charge in [0.1, 0.15) is 6.29 Å². The molecule has 0 heterocycles. The Bertz CT molecular complexity index is 464. The van der Waals surface area contributed by atoms with E-state index in [2.05, 4.69) is 0 Å². The quantitative estimate of drug-likeness (QED) is 0.605. The van der Waals surface area contributed by atoms with Crippen molar-refractivity contribution in [1.29, 1.82) is 0 Å². The van der Waals surface area contributed by atoms with Crippen molar-refractivity contribution in [2.75, 3.05) is 14.2 Å². The summed E-state index contributed by atoms with van der Waals surface area (Å²) in [6, 6.07) is 3.53. The minimum atomic E-state index is 0.161. The van der Waals surface area contributed by atoms with Crippen LogP contribution in [0.3, 0.4) is 0 Å². The van der Waals surface area contributed by atoms with Crippen molar-refractivity contribution in [3.05, 3.63) is 28.3 Å². The molecule has 0 amide bonds. The minimum absolute atomic E-state index is 0.161. The molecule has 1 aromatic rings. The van der Waals surface area contributed by atoms with Gasteiger partial charge in [-0.3, -0.25) is 4.79 Å². The van der Waals surface area contributed by atoms with Crippen molar-refractivity contribution in [3.63, 3.8) is 0 Å². The SMILES string of the molecule is COc1cc(C=C(C=O)C(C)C)cc(Cl)c1OC. The number of methoxy groups -OCH3 is 2. The maximum Gasteiger partial charge on any atom is 0.179 e. The molecule has 0 N–H and O–H groups in total. The van der Waals surface area contributed by atoms with E-state index in [0.29, 0.717) is 22.1 Å². The van der Waals surface area contributed by atoms with E-state index >= 15 is 0 Å². The molecule has 4 heteroatoms.